The van der Waals surface area contributed by atoms with Crippen LogP contribution >= 0.6 is 12.2 Å². The van der Waals surface area contributed by atoms with Crippen molar-refractivity contribution in [1.29, 1.82) is 0 Å². The maximum Gasteiger partial charge on any atom is 0.293 e. The highest BCUT2D eigenvalue weighted by molar-refractivity contribution is 7.80. The Bertz CT molecular complexity index is 1620. The quantitative estimate of drug-likeness (QED) is 0.169. The molecular weight excluding hydrogens is 480 g/mol. The van der Waals surface area contributed by atoms with E-state index in [1.54, 1.807) is 36.4 Å². The number of aryl methyl sites for hydroxylation is 1. The maximum atomic E-state index is 12.6. The number of fused-ring (bicyclic) bond motifs is 1. The molecule has 10 heteroatoms. The molecule has 0 spiro atoms. The summed E-state index contributed by atoms with van der Waals surface area (Å²) in [5.74, 6) is 0.280. The van der Waals surface area contributed by atoms with Crippen molar-refractivity contribution in [3.05, 3.63) is 100 Å². The number of furan rings is 1. The Kier molecular flexibility index (Phi) is 6.01. The first kappa shape index (κ1) is 22.9. The third kappa shape index (κ3) is 4.84. The molecule has 1 amide bonds. The van der Waals surface area contributed by atoms with E-state index >= 15 is 0 Å². The maximum absolute atomic E-state index is 12.6. The second kappa shape index (κ2) is 9.43. The van der Waals surface area contributed by atoms with Gasteiger partial charge in [0.05, 0.1) is 4.92 Å². The van der Waals surface area contributed by atoms with Crippen molar-refractivity contribution >= 4 is 45.7 Å². The van der Waals surface area contributed by atoms with Crippen molar-refractivity contribution in [3.63, 3.8) is 0 Å². The number of thiocarbonyl (C=S) groups is 1. The Morgan fingerprint density at radius 2 is 1.78 bits per heavy atom. The molecule has 0 bridgehead atoms. The molecule has 178 valence electrons. The third-order valence-corrected chi connectivity index (χ3v) is 5.55. The summed E-state index contributed by atoms with van der Waals surface area (Å²) in [7, 11) is 0. The lowest BCUT2D eigenvalue weighted by atomic mass is 10.1. The molecule has 2 aromatic heterocycles. The number of nitrogens with zero attached hydrogens (tertiary/aromatic N) is 2. The Morgan fingerprint density at radius 3 is 2.56 bits per heavy atom. The van der Waals surface area contributed by atoms with Gasteiger partial charge in [0, 0.05) is 28.9 Å². The van der Waals surface area contributed by atoms with Crippen LogP contribution in [0.25, 0.3) is 33.9 Å². The Hall–Kier alpha value is -4.83. The van der Waals surface area contributed by atoms with Crippen LogP contribution in [0.3, 0.4) is 0 Å². The van der Waals surface area contributed by atoms with Crippen LogP contribution in [0.2, 0.25) is 0 Å². The van der Waals surface area contributed by atoms with Crippen LogP contribution in [0.5, 0.6) is 0 Å². The highest BCUT2D eigenvalue weighted by Crippen LogP contribution is 2.27. The van der Waals surface area contributed by atoms with Gasteiger partial charge >= 0.3 is 0 Å². The van der Waals surface area contributed by atoms with Crippen LogP contribution in [0.4, 0.5) is 11.4 Å². The number of nitro benzene ring substituents is 1. The van der Waals surface area contributed by atoms with Crippen LogP contribution in [0.1, 0.15) is 16.1 Å². The topological polar surface area (TPSA) is 123 Å². The van der Waals surface area contributed by atoms with Gasteiger partial charge in [0.1, 0.15) is 11.3 Å². The standard InChI is InChI=1S/C26H18N4O5S/c1-15-5-7-16(8-6-15)25-28-20-14-18(9-10-22(20)35-25)27-26(36)29-24(31)23-12-11-21(34-23)17-3-2-4-19(13-17)30(32)33/h2-14H,1H3,(H2,27,29,31,36). The number of nitro groups is 1. The SMILES string of the molecule is Cc1ccc(-c2nc3cc(NC(=S)NC(=O)c4ccc(-c5cccc([N+](=O)[O-])c5)o4)ccc3o2)cc1. The molecule has 0 aliphatic heterocycles. The molecule has 0 unspecified atom stereocenters. The largest absolute Gasteiger partial charge is 0.451 e. The minimum atomic E-state index is -0.562. The second-order valence-corrected chi connectivity index (χ2v) is 8.36. The molecule has 0 radical (unpaired) electrons. The molecule has 9 nitrogen and oxygen atoms in total. The predicted molar refractivity (Wildman–Crippen MR) is 139 cm³/mol. The fourth-order valence-corrected chi connectivity index (χ4v) is 3.75. The second-order valence-electron chi connectivity index (χ2n) is 7.95. The van der Waals surface area contributed by atoms with Crippen molar-refractivity contribution in [3.8, 4) is 22.8 Å². The summed E-state index contributed by atoms with van der Waals surface area (Å²) in [6.07, 6.45) is 0. The first-order valence-corrected chi connectivity index (χ1v) is 11.2. The van der Waals surface area contributed by atoms with Gasteiger partial charge in [-0.2, -0.15) is 0 Å². The number of oxazole rings is 1. The normalized spacial score (nSPS) is 10.8. The van der Waals surface area contributed by atoms with Gasteiger partial charge in [-0.05, 0) is 61.6 Å². The summed E-state index contributed by atoms with van der Waals surface area (Å²) in [4.78, 5) is 27.6. The van der Waals surface area contributed by atoms with Crippen LogP contribution in [0.15, 0.2) is 87.7 Å². The minimum Gasteiger partial charge on any atom is -0.451 e. The van der Waals surface area contributed by atoms with Gasteiger partial charge in [-0.25, -0.2) is 4.98 Å². The molecule has 36 heavy (non-hydrogen) atoms. The average molecular weight is 499 g/mol. The van der Waals surface area contributed by atoms with Crippen molar-refractivity contribution in [2.45, 2.75) is 6.92 Å². The monoisotopic (exact) mass is 498 g/mol. The summed E-state index contributed by atoms with van der Waals surface area (Å²) in [6.45, 7) is 2.01. The molecule has 3 aromatic carbocycles. The number of carbonyl (C=O) groups is 1. The molecule has 0 saturated heterocycles. The molecule has 5 rings (SSSR count). The van der Waals surface area contributed by atoms with E-state index < -0.39 is 10.8 Å². The lowest BCUT2D eigenvalue weighted by Crippen LogP contribution is -2.33. The molecule has 0 aliphatic carbocycles. The smallest absolute Gasteiger partial charge is 0.293 e. The average Bonchev–Trinajstić information content (AvgIpc) is 3.52. The fourth-order valence-electron chi connectivity index (χ4n) is 3.54. The number of carbonyl (C=O) groups excluding carboxylic acids is 1. The summed E-state index contributed by atoms with van der Waals surface area (Å²) >= 11 is 5.27. The fraction of sp³-hybridized carbons (Fsp3) is 0.0385. The number of aromatic nitrogens is 1. The first-order valence-electron chi connectivity index (χ1n) is 10.8. The van der Waals surface area contributed by atoms with E-state index in [4.69, 9.17) is 21.1 Å². The molecule has 2 heterocycles. The summed E-state index contributed by atoms with van der Waals surface area (Å²) in [5, 5.41) is 16.6. The lowest BCUT2D eigenvalue weighted by molar-refractivity contribution is -0.384. The Balaban J connectivity index is 1.26. The van der Waals surface area contributed by atoms with E-state index in [0.29, 0.717) is 34.0 Å². The minimum absolute atomic E-state index is 0.00958. The summed E-state index contributed by atoms with van der Waals surface area (Å²) in [6, 6.07) is 22.2. The van der Waals surface area contributed by atoms with Gasteiger partial charge in [0.25, 0.3) is 11.6 Å². The van der Waals surface area contributed by atoms with Gasteiger partial charge in [0.15, 0.2) is 16.5 Å². The zero-order chi connectivity index (χ0) is 25.2. The number of hydrogen-bond acceptors (Lipinski definition) is 7. The van der Waals surface area contributed by atoms with E-state index in [1.165, 1.54) is 18.2 Å². The Labute approximate surface area is 209 Å². The molecule has 0 saturated carbocycles. The number of hydrogen-bond donors (Lipinski definition) is 2. The molecule has 2 N–H and O–H groups in total. The van der Waals surface area contributed by atoms with Crippen molar-refractivity contribution in [2.75, 3.05) is 5.32 Å². The highest BCUT2D eigenvalue weighted by atomic mass is 32.1. The van der Waals surface area contributed by atoms with Gasteiger partial charge < -0.3 is 14.2 Å². The zero-order valence-electron chi connectivity index (χ0n) is 18.8. The van der Waals surface area contributed by atoms with Crippen molar-refractivity contribution in [1.82, 2.24) is 10.3 Å². The predicted octanol–water partition coefficient (Wildman–Crippen LogP) is 6.10. The van der Waals surface area contributed by atoms with Crippen LogP contribution in [0, 0.1) is 17.0 Å². The van der Waals surface area contributed by atoms with Crippen LogP contribution < -0.4 is 10.6 Å². The third-order valence-electron chi connectivity index (χ3n) is 5.34. The molecule has 5 aromatic rings. The van der Waals surface area contributed by atoms with Gasteiger partial charge in [-0.3, -0.25) is 20.2 Å². The zero-order valence-corrected chi connectivity index (χ0v) is 19.7. The molecule has 0 atom stereocenters. The summed E-state index contributed by atoms with van der Waals surface area (Å²) < 4.78 is 11.4. The number of amides is 1. The van der Waals surface area contributed by atoms with Gasteiger partial charge in [-0.15, -0.1) is 0 Å². The van der Waals surface area contributed by atoms with Gasteiger partial charge in [0.2, 0.25) is 5.89 Å². The van der Waals surface area contributed by atoms with E-state index in [9.17, 15) is 14.9 Å². The highest BCUT2D eigenvalue weighted by Gasteiger charge is 2.16. The van der Waals surface area contributed by atoms with E-state index in [2.05, 4.69) is 15.6 Å². The number of nitrogens with one attached hydrogen (secondary N) is 2. The molecular formula is C26H18N4O5S. The Morgan fingerprint density at radius 1 is 0.972 bits per heavy atom. The van der Waals surface area contributed by atoms with Gasteiger partial charge in [-0.1, -0.05) is 29.8 Å². The number of benzene rings is 3. The summed E-state index contributed by atoms with van der Waals surface area (Å²) in [5.41, 5.74) is 4.30. The first-order chi connectivity index (χ1) is 17.4. The van der Waals surface area contributed by atoms with Crippen molar-refractivity contribution < 1.29 is 18.6 Å². The van der Waals surface area contributed by atoms with E-state index in [1.807, 2.05) is 31.2 Å². The van der Waals surface area contributed by atoms with Crippen molar-refractivity contribution in [2.24, 2.45) is 0 Å². The number of rotatable bonds is 5. The molecule has 0 aliphatic rings. The number of non-ortho nitro benzene ring substituents is 1. The van der Waals surface area contributed by atoms with E-state index in [0.717, 1.165) is 11.1 Å². The van der Waals surface area contributed by atoms with Crippen LogP contribution in [-0.4, -0.2) is 20.9 Å². The lowest BCUT2D eigenvalue weighted by Gasteiger charge is -2.08. The van der Waals surface area contributed by atoms with Crippen LogP contribution in [-0.2, 0) is 0 Å². The molecule has 0 fully saturated rings. The van der Waals surface area contributed by atoms with E-state index in [-0.39, 0.29) is 16.6 Å². The number of anilines is 1.